The van der Waals surface area contributed by atoms with Crippen LogP contribution in [0.5, 0.6) is 0 Å². The van der Waals surface area contributed by atoms with Gasteiger partial charge >= 0.3 is 0 Å². The summed E-state index contributed by atoms with van der Waals surface area (Å²) in [4.78, 5) is 14.6. The Labute approximate surface area is 167 Å². The largest absolute Gasteiger partial charge is 0.355 e. The number of nitrogens with zero attached hydrogens (tertiary/aromatic N) is 3. The van der Waals surface area contributed by atoms with E-state index in [1.165, 1.54) is 31.0 Å². The van der Waals surface area contributed by atoms with Crippen molar-refractivity contribution in [2.24, 2.45) is 0 Å². The first kappa shape index (κ1) is 18.4. The molecule has 0 unspecified atom stereocenters. The van der Waals surface area contributed by atoms with Crippen molar-refractivity contribution in [1.29, 1.82) is 0 Å². The molecule has 2 aromatic carbocycles. The maximum absolute atomic E-state index is 13.2. The van der Waals surface area contributed by atoms with Crippen LogP contribution in [0.25, 0.3) is 11.3 Å². The lowest BCUT2D eigenvalue weighted by atomic mass is 10.1. The molecule has 5 nitrogen and oxygen atoms in total. The fourth-order valence-electron chi connectivity index (χ4n) is 3.16. The van der Waals surface area contributed by atoms with Crippen LogP contribution in [0.1, 0.15) is 23.2 Å². The minimum Gasteiger partial charge on any atom is -0.355 e. The Morgan fingerprint density at radius 1 is 1.00 bits per heavy atom. The molecule has 2 heterocycles. The van der Waals surface area contributed by atoms with Crippen LogP contribution in [0, 0.1) is 5.82 Å². The summed E-state index contributed by atoms with van der Waals surface area (Å²) in [7, 11) is 0. The predicted octanol–water partition coefficient (Wildman–Crippen LogP) is 4.79. The van der Waals surface area contributed by atoms with Crippen molar-refractivity contribution >= 4 is 29.0 Å². The molecule has 28 heavy (non-hydrogen) atoms. The first-order valence-electron chi connectivity index (χ1n) is 9.06. The minimum absolute atomic E-state index is 0.0379. The van der Waals surface area contributed by atoms with Crippen molar-refractivity contribution in [3.05, 3.63) is 71.0 Å². The summed E-state index contributed by atoms with van der Waals surface area (Å²) < 4.78 is 13.2. The highest BCUT2D eigenvalue weighted by Crippen LogP contribution is 2.23. The first-order valence-corrected chi connectivity index (χ1v) is 9.43. The average Bonchev–Trinajstić information content (AvgIpc) is 3.26. The van der Waals surface area contributed by atoms with Crippen LogP contribution in [-0.4, -0.2) is 29.2 Å². The van der Waals surface area contributed by atoms with E-state index in [4.69, 9.17) is 11.6 Å². The molecule has 4 rings (SSSR count). The summed E-state index contributed by atoms with van der Waals surface area (Å²) in [6.45, 7) is 2.05. The second-order valence-electron chi connectivity index (χ2n) is 6.63. The summed E-state index contributed by atoms with van der Waals surface area (Å²) in [5.74, 6) is 0.0702. The van der Waals surface area contributed by atoms with Gasteiger partial charge in [-0.2, -0.15) is 0 Å². The second-order valence-corrected chi connectivity index (χ2v) is 7.04. The number of anilines is 2. The van der Waals surface area contributed by atoms with Crippen LogP contribution >= 0.6 is 11.6 Å². The minimum atomic E-state index is -0.527. The highest BCUT2D eigenvalue weighted by atomic mass is 35.5. The van der Waals surface area contributed by atoms with E-state index in [9.17, 15) is 9.18 Å². The Balaban J connectivity index is 1.45. The maximum Gasteiger partial charge on any atom is 0.255 e. The zero-order valence-electron chi connectivity index (χ0n) is 15.0. The molecule has 1 fully saturated rings. The molecule has 142 valence electrons. The topological polar surface area (TPSA) is 58.1 Å². The fourth-order valence-corrected chi connectivity index (χ4v) is 3.34. The molecule has 1 aliphatic rings. The summed E-state index contributed by atoms with van der Waals surface area (Å²) >= 11 is 5.74. The van der Waals surface area contributed by atoms with Gasteiger partial charge in [0.15, 0.2) is 5.82 Å². The molecular formula is C21H18ClFN4O. The number of hydrogen-bond donors (Lipinski definition) is 1. The third-order valence-electron chi connectivity index (χ3n) is 4.70. The van der Waals surface area contributed by atoms with E-state index >= 15 is 0 Å². The van der Waals surface area contributed by atoms with Gasteiger partial charge in [-0.05, 0) is 55.3 Å². The molecule has 1 saturated heterocycles. The zero-order chi connectivity index (χ0) is 19.5. The predicted molar refractivity (Wildman–Crippen MR) is 108 cm³/mol. The van der Waals surface area contributed by atoms with Gasteiger partial charge in [-0.1, -0.05) is 23.7 Å². The van der Waals surface area contributed by atoms with E-state index in [-0.39, 0.29) is 10.9 Å². The summed E-state index contributed by atoms with van der Waals surface area (Å²) in [6.07, 6.45) is 2.38. The molecular weight excluding hydrogens is 379 g/mol. The quantitative estimate of drug-likeness (QED) is 0.689. The van der Waals surface area contributed by atoms with Crippen LogP contribution < -0.4 is 10.2 Å². The molecule has 0 spiro atoms. The van der Waals surface area contributed by atoms with Gasteiger partial charge in [0.1, 0.15) is 5.82 Å². The third-order valence-corrected chi connectivity index (χ3v) is 4.99. The van der Waals surface area contributed by atoms with Gasteiger partial charge in [-0.25, -0.2) is 4.39 Å². The number of aromatic nitrogens is 2. The van der Waals surface area contributed by atoms with E-state index in [1.54, 1.807) is 12.1 Å². The normalized spacial score (nSPS) is 13.6. The van der Waals surface area contributed by atoms with E-state index in [2.05, 4.69) is 20.4 Å². The van der Waals surface area contributed by atoms with E-state index in [1.807, 2.05) is 24.3 Å². The number of benzene rings is 2. The average molecular weight is 397 g/mol. The van der Waals surface area contributed by atoms with Gasteiger partial charge in [0, 0.05) is 29.9 Å². The van der Waals surface area contributed by atoms with Gasteiger partial charge in [-0.15, -0.1) is 10.2 Å². The van der Waals surface area contributed by atoms with Crippen LogP contribution in [0.2, 0.25) is 5.02 Å². The van der Waals surface area contributed by atoms with Crippen molar-refractivity contribution in [3.8, 4) is 11.3 Å². The van der Waals surface area contributed by atoms with Crippen molar-refractivity contribution < 1.29 is 9.18 Å². The number of carbonyl (C=O) groups is 1. The van der Waals surface area contributed by atoms with Gasteiger partial charge < -0.3 is 10.2 Å². The van der Waals surface area contributed by atoms with E-state index in [0.717, 1.165) is 30.2 Å². The fraction of sp³-hybridized carbons (Fsp3) is 0.190. The van der Waals surface area contributed by atoms with Gasteiger partial charge in [0.2, 0.25) is 0 Å². The maximum atomic E-state index is 13.2. The van der Waals surface area contributed by atoms with Gasteiger partial charge in [-0.3, -0.25) is 4.79 Å². The van der Waals surface area contributed by atoms with Crippen molar-refractivity contribution in [1.82, 2.24) is 10.2 Å². The monoisotopic (exact) mass is 396 g/mol. The lowest BCUT2D eigenvalue weighted by Gasteiger charge is -2.15. The smallest absolute Gasteiger partial charge is 0.255 e. The second kappa shape index (κ2) is 7.94. The van der Waals surface area contributed by atoms with Gasteiger partial charge in [0.05, 0.1) is 10.7 Å². The number of amides is 1. The van der Waals surface area contributed by atoms with Gasteiger partial charge in [0.25, 0.3) is 5.91 Å². The molecule has 3 aromatic rings. The van der Waals surface area contributed by atoms with Crippen molar-refractivity contribution in [2.75, 3.05) is 23.3 Å². The van der Waals surface area contributed by atoms with Crippen molar-refractivity contribution in [3.63, 3.8) is 0 Å². The number of rotatable bonds is 4. The number of halogens is 2. The zero-order valence-corrected chi connectivity index (χ0v) is 15.8. The molecule has 7 heteroatoms. The number of nitrogens with one attached hydrogen (secondary N) is 1. The van der Waals surface area contributed by atoms with Crippen LogP contribution in [-0.2, 0) is 0 Å². The standard InChI is InChI=1S/C21H18ClFN4O/c22-17-13-16(7-8-18(17)23)24-21(28)15-5-3-14(4-6-15)19-9-10-20(26-25-19)27-11-1-2-12-27/h3-10,13H,1-2,11-12H2,(H,24,28). The highest BCUT2D eigenvalue weighted by molar-refractivity contribution is 6.31. The number of carbonyl (C=O) groups excluding carboxylic acids is 1. The van der Waals surface area contributed by atoms with E-state index < -0.39 is 5.82 Å². The molecule has 1 N–H and O–H groups in total. The van der Waals surface area contributed by atoms with E-state index in [0.29, 0.717) is 11.3 Å². The Bertz CT molecular complexity index is 986. The Kier molecular flexibility index (Phi) is 5.21. The number of hydrogen-bond acceptors (Lipinski definition) is 4. The molecule has 1 aliphatic heterocycles. The molecule has 0 saturated carbocycles. The Hall–Kier alpha value is -2.99. The molecule has 0 atom stereocenters. The molecule has 0 bridgehead atoms. The summed E-state index contributed by atoms with van der Waals surface area (Å²) in [5.41, 5.74) is 2.54. The molecule has 0 aliphatic carbocycles. The SMILES string of the molecule is O=C(Nc1ccc(F)c(Cl)c1)c1ccc(-c2ccc(N3CCCC3)nn2)cc1. The molecule has 1 aromatic heterocycles. The van der Waals surface area contributed by atoms with Crippen molar-refractivity contribution in [2.45, 2.75) is 12.8 Å². The summed E-state index contributed by atoms with van der Waals surface area (Å²) in [5, 5.41) is 11.3. The molecule has 0 radical (unpaired) electrons. The van der Waals surface area contributed by atoms with Crippen LogP contribution in [0.4, 0.5) is 15.9 Å². The Morgan fingerprint density at radius 2 is 1.75 bits per heavy atom. The van der Waals surface area contributed by atoms with Crippen LogP contribution in [0.3, 0.4) is 0 Å². The first-order chi connectivity index (χ1) is 13.6. The lowest BCUT2D eigenvalue weighted by molar-refractivity contribution is 0.102. The third kappa shape index (κ3) is 3.97. The lowest BCUT2D eigenvalue weighted by Crippen LogP contribution is -2.19. The molecule has 1 amide bonds. The highest BCUT2D eigenvalue weighted by Gasteiger charge is 2.14. The Morgan fingerprint density at radius 3 is 2.39 bits per heavy atom. The van der Waals surface area contributed by atoms with Crippen LogP contribution in [0.15, 0.2) is 54.6 Å². The summed E-state index contributed by atoms with van der Waals surface area (Å²) in [6, 6.07) is 15.1.